The Morgan fingerprint density at radius 1 is 1.75 bits per heavy atom. The molecule has 0 aliphatic carbocycles. The molecule has 0 radical (unpaired) electrons. The predicted molar refractivity (Wildman–Crippen MR) is 44.4 cm³/mol. The highest BCUT2D eigenvalue weighted by atomic mass is 19.1. The van der Waals surface area contributed by atoms with Crippen molar-refractivity contribution in [3.8, 4) is 0 Å². The molecule has 0 heterocycles. The Labute approximate surface area is 70.9 Å². The second kappa shape index (κ2) is 6.39. The molecule has 0 saturated carbocycles. The number of alkyl halides is 1. The van der Waals surface area contributed by atoms with Crippen molar-refractivity contribution in [3.05, 3.63) is 24.5 Å². The molecule has 4 heteroatoms. The van der Waals surface area contributed by atoms with Crippen molar-refractivity contribution in [1.29, 1.82) is 0 Å². The Balaban J connectivity index is 3.69. The Morgan fingerprint density at radius 2 is 2.42 bits per heavy atom. The number of rotatable bonds is 4. The van der Waals surface area contributed by atoms with Gasteiger partial charge in [0.15, 0.2) is 0 Å². The van der Waals surface area contributed by atoms with Crippen molar-refractivity contribution in [2.45, 2.75) is 6.92 Å². The van der Waals surface area contributed by atoms with Gasteiger partial charge in [-0.25, -0.2) is 9.18 Å². The molecule has 0 fully saturated rings. The summed E-state index contributed by atoms with van der Waals surface area (Å²) >= 11 is 0. The molecule has 0 aromatic rings. The quantitative estimate of drug-likeness (QED) is 0.519. The maximum atomic E-state index is 11.6. The summed E-state index contributed by atoms with van der Waals surface area (Å²) in [5.74, 6) is 0.124. The second-order valence-corrected chi connectivity index (χ2v) is 1.94. The van der Waals surface area contributed by atoms with Crippen LogP contribution < -0.4 is 5.32 Å². The van der Waals surface area contributed by atoms with Gasteiger partial charge in [0, 0.05) is 6.54 Å². The normalized spacial score (nSPS) is 9.83. The summed E-state index contributed by atoms with van der Waals surface area (Å²) < 4.78 is 16.1. The largest absolute Gasteiger partial charge is 0.412 e. The Morgan fingerprint density at radius 3 is 2.92 bits per heavy atom. The van der Waals surface area contributed by atoms with Gasteiger partial charge in [-0.15, -0.1) is 0 Å². The van der Waals surface area contributed by atoms with Gasteiger partial charge >= 0.3 is 6.09 Å². The molecule has 0 saturated heterocycles. The summed E-state index contributed by atoms with van der Waals surface area (Å²) in [6.07, 6.45) is 1.93. The lowest BCUT2D eigenvalue weighted by Crippen LogP contribution is -2.22. The minimum absolute atomic E-state index is 0.124. The summed E-state index contributed by atoms with van der Waals surface area (Å²) in [5.41, 5.74) is 0. The molecular formula is C8H12FNO2. The van der Waals surface area contributed by atoms with E-state index >= 15 is 0 Å². The number of ether oxygens (including phenoxy) is 1. The summed E-state index contributed by atoms with van der Waals surface area (Å²) in [6, 6.07) is 0. The first-order valence-electron chi connectivity index (χ1n) is 3.57. The van der Waals surface area contributed by atoms with E-state index in [0.717, 1.165) is 0 Å². The summed E-state index contributed by atoms with van der Waals surface area (Å²) in [4.78, 5) is 10.7. The maximum absolute atomic E-state index is 11.6. The van der Waals surface area contributed by atoms with Crippen molar-refractivity contribution >= 4 is 6.09 Å². The number of amides is 1. The maximum Gasteiger partial charge on any atom is 0.412 e. The molecule has 0 aliphatic heterocycles. The third-order valence-corrected chi connectivity index (χ3v) is 0.938. The fourth-order valence-corrected chi connectivity index (χ4v) is 0.509. The van der Waals surface area contributed by atoms with Crippen molar-refractivity contribution in [2.24, 2.45) is 0 Å². The number of carbonyl (C=O) groups excluding carboxylic acids is 1. The minimum Gasteiger partial charge on any atom is -0.411 e. The number of nitrogens with one attached hydrogen (secondary N) is 1. The van der Waals surface area contributed by atoms with E-state index in [4.69, 9.17) is 0 Å². The van der Waals surface area contributed by atoms with Crippen LogP contribution in [0.25, 0.3) is 0 Å². The molecule has 3 nitrogen and oxygen atoms in total. The molecule has 68 valence electrons. The van der Waals surface area contributed by atoms with E-state index in [9.17, 15) is 9.18 Å². The fourth-order valence-electron chi connectivity index (χ4n) is 0.509. The molecular weight excluding hydrogens is 161 g/mol. The predicted octanol–water partition coefficient (Wildman–Crippen LogP) is 1.77. The number of halogens is 1. The number of hydrogen-bond donors (Lipinski definition) is 1. The Bertz CT molecular complexity index is 189. The monoisotopic (exact) mass is 173 g/mol. The van der Waals surface area contributed by atoms with Crippen LogP contribution in [0.3, 0.4) is 0 Å². The summed E-state index contributed by atoms with van der Waals surface area (Å²) in [5, 5.41) is 2.40. The van der Waals surface area contributed by atoms with Crippen LogP contribution in [-0.2, 0) is 4.74 Å². The van der Waals surface area contributed by atoms with Gasteiger partial charge in [-0.3, -0.25) is 0 Å². The van der Waals surface area contributed by atoms with Crippen molar-refractivity contribution in [2.75, 3.05) is 13.2 Å². The van der Waals surface area contributed by atoms with Crippen LogP contribution in [0.2, 0.25) is 0 Å². The number of alkyl carbamates (subject to hydrolysis) is 1. The highest BCUT2D eigenvalue weighted by molar-refractivity contribution is 5.68. The molecule has 0 atom stereocenters. The van der Waals surface area contributed by atoms with E-state index in [0.29, 0.717) is 6.54 Å². The van der Waals surface area contributed by atoms with Crippen LogP contribution in [0.1, 0.15) is 6.92 Å². The summed E-state index contributed by atoms with van der Waals surface area (Å²) in [7, 11) is 0. The van der Waals surface area contributed by atoms with E-state index in [1.165, 1.54) is 12.2 Å². The van der Waals surface area contributed by atoms with E-state index in [-0.39, 0.29) is 5.76 Å². The lowest BCUT2D eigenvalue weighted by Gasteiger charge is -2.02. The van der Waals surface area contributed by atoms with Gasteiger partial charge in [-0.2, -0.15) is 0 Å². The highest BCUT2D eigenvalue weighted by Crippen LogP contribution is 1.95. The van der Waals surface area contributed by atoms with Crippen LogP contribution in [0.4, 0.5) is 9.18 Å². The van der Waals surface area contributed by atoms with Gasteiger partial charge in [0.1, 0.15) is 12.4 Å². The van der Waals surface area contributed by atoms with E-state index < -0.39 is 12.8 Å². The molecule has 0 aliphatic rings. The number of allylic oxidation sites excluding steroid dienone is 2. The van der Waals surface area contributed by atoms with Gasteiger partial charge in [-0.1, -0.05) is 12.7 Å². The van der Waals surface area contributed by atoms with Crippen molar-refractivity contribution < 1.29 is 13.9 Å². The van der Waals surface area contributed by atoms with Crippen LogP contribution in [0.5, 0.6) is 0 Å². The van der Waals surface area contributed by atoms with Gasteiger partial charge in [-0.05, 0) is 13.0 Å². The highest BCUT2D eigenvalue weighted by Gasteiger charge is 1.99. The zero-order valence-corrected chi connectivity index (χ0v) is 6.97. The Kier molecular flexibility index (Phi) is 5.69. The molecule has 0 bridgehead atoms. The van der Waals surface area contributed by atoms with E-state index in [1.807, 2.05) is 0 Å². The van der Waals surface area contributed by atoms with Gasteiger partial charge in [0.05, 0.1) is 0 Å². The SMILES string of the molecule is C=C(/C=C\CF)OC(=O)NCC. The molecule has 12 heavy (non-hydrogen) atoms. The van der Waals surface area contributed by atoms with Gasteiger partial charge in [0.25, 0.3) is 0 Å². The molecule has 0 unspecified atom stereocenters. The van der Waals surface area contributed by atoms with Crippen LogP contribution in [0.15, 0.2) is 24.5 Å². The van der Waals surface area contributed by atoms with Crippen LogP contribution >= 0.6 is 0 Å². The molecule has 0 rings (SSSR count). The van der Waals surface area contributed by atoms with Crippen molar-refractivity contribution in [3.63, 3.8) is 0 Å². The number of hydrogen-bond acceptors (Lipinski definition) is 2. The third-order valence-electron chi connectivity index (χ3n) is 0.938. The lowest BCUT2D eigenvalue weighted by atomic mass is 10.5. The standard InChI is InChI=1S/C8H12FNO2/c1-3-10-8(11)12-7(2)5-4-6-9/h4-5H,2-3,6H2,1H3,(H,10,11)/b5-4-. The van der Waals surface area contributed by atoms with E-state index in [1.54, 1.807) is 6.92 Å². The minimum atomic E-state index is -0.599. The first kappa shape index (κ1) is 10.7. The second-order valence-electron chi connectivity index (χ2n) is 1.94. The topological polar surface area (TPSA) is 38.3 Å². The zero-order chi connectivity index (χ0) is 9.40. The third kappa shape index (κ3) is 5.46. The zero-order valence-electron chi connectivity index (χ0n) is 6.97. The molecule has 0 spiro atoms. The Hall–Kier alpha value is -1.32. The number of carbonyl (C=O) groups is 1. The van der Waals surface area contributed by atoms with E-state index in [2.05, 4.69) is 16.6 Å². The van der Waals surface area contributed by atoms with Crippen LogP contribution in [-0.4, -0.2) is 19.3 Å². The van der Waals surface area contributed by atoms with Crippen molar-refractivity contribution in [1.82, 2.24) is 5.32 Å². The lowest BCUT2D eigenvalue weighted by molar-refractivity contribution is 0.180. The molecule has 0 aromatic heterocycles. The summed E-state index contributed by atoms with van der Waals surface area (Å²) in [6.45, 7) is 5.03. The molecule has 1 N–H and O–H groups in total. The van der Waals surface area contributed by atoms with Gasteiger partial charge in [0.2, 0.25) is 0 Å². The smallest absolute Gasteiger partial charge is 0.411 e. The molecule has 1 amide bonds. The average molecular weight is 173 g/mol. The first-order valence-corrected chi connectivity index (χ1v) is 3.57. The first-order chi connectivity index (χ1) is 5.70. The van der Waals surface area contributed by atoms with Crippen LogP contribution in [0, 0.1) is 0 Å². The van der Waals surface area contributed by atoms with Gasteiger partial charge < -0.3 is 10.1 Å². The average Bonchev–Trinajstić information content (AvgIpc) is 2.01. The molecule has 0 aromatic carbocycles. The fraction of sp³-hybridized carbons (Fsp3) is 0.375.